The molecule has 0 bridgehead atoms. The Morgan fingerprint density at radius 1 is 1.08 bits per heavy atom. The number of esters is 1. The largest absolute Gasteiger partial charge is 0.423 e. The summed E-state index contributed by atoms with van der Waals surface area (Å²) >= 11 is 0. The summed E-state index contributed by atoms with van der Waals surface area (Å²) in [6.07, 6.45) is 3.39. The number of carbonyl (C=O) groups is 1. The molecule has 0 aliphatic heterocycles. The number of hydrogen-bond donors (Lipinski definition) is 0. The second-order valence-electron chi connectivity index (χ2n) is 5.71. The third kappa shape index (κ3) is 4.22. The highest BCUT2D eigenvalue weighted by Gasteiger charge is 2.08. The molecule has 26 heavy (non-hydrogen) atoms. The number of allylic oxidation sites excluding steroid dienone is 1. The first-order chi connectivity index (χ1) is 12.7. The van der Waals surface area contributed by atoms with Crippen LogP contribution in [0.15, 0.2) is 72.9 Å². The maximum absolute atomic E-state index is 12.2. The third-order valence-electron chi connectivity index (χ3n) is 3.72. The Morgan fingerprint density at radius 2 is 1.88 bits per heavy atom. The van der Waals surface area contributed by atoms with Crippen LogP contribution in [0.3, 0.4) is 0 Å². The molecule has 0 amide bonds. The first-order valence-electron chi connectivity index (χ1n) is 8.08. The second-order valence-corrected chi connectivity index (χ2v) is 5.71. The zero-order valence-electron chi connectivity index (χ0n) is 14.2. The number of ether oxygens (including phenoxy) is 1. The minimum absolute atomic E-state index is 0.400. The van der Waals surface area contributed by atoms with E-state index in [4.69, 9.17) is 4.74 Å². The van der Waals surface area contributed by atoms with Crippen molar-refractivity contribution in [1.82, 2.24) is 4.98 Å². The number of rotatable bonds is 4. The Labute approximate surface area is 152 Å². The summed E-state index contributed by atoms with van der Waals surface area (Å²) in [5.74, 6) is 0.0493. The number of nitriles is 1. The molecule has 3 rings (SSSR count). The molecule has 0 N–H and O–H groups in total. The van der Waals surface area contributed by atoms with Crippen molar-refractivity contribution in [2.45, 2.75) is 6.92 Å². The Kier molecular flexibility index (Phi) is 5.21. The highest BCUT2D eigenvalue weighted by Crippen LogP contribution is 2.19. The molecule has 4 nitrogen and oxygen atoms in total. The van der Waals surface area contributed by atoms with Crippen LogP contribution in [0.2, 0.25) is 0 Å². The van der Waals surface area contributed by atoms with Crippen LogP contribution in [0.25, 0.3) is 11.6 Å². The maximum Gasteiger partial charge on any atom is 0.343 e. The Morgan fingerprint density at radius 3 is 2.54 bits per heavy atom. The average molecular weight is 340 g/mol. The fraction of sp³-hybridized carbons (Fsp3) is 0.0455. The van der Waals surface area contributed by atoms with E-state index in [1.807, 2.05) is 25.1 Å². The molecule has 0 spiro atoms. The van der Waals surface area contributed by atoms with Crippen molar-refractivity contribution in [1.29, 1.82) is 5.26 Å². The molecular weight excluding hydrogens is 324 g/mol. The SMILES string of the molecule is Cc1cccc(C(=O)Oc2ccc(/C=C(\C#N)c3ccccn3)cc2)c1. The molecule has 0 atom stereocenters. The number of benzene rings is 2. The van der Waals surface area contributed by atoms with Crippen molar-refractivity contribution in [2.24, 2.45) is 0 Å². The topological polar surface area (TPSA) is 63.0 Å². The fourth-order valence-electron chi connectivity index (χ4n) is 2.42. The van der Waals surface area contributed by atoms with Crippen LogP contribution < -0.4 is 4.74 Å². The van der Waals surface area contributed by atoms with Crippen molar-refractivity contribution < 1.29 is 9.53 Å². The van der Waals surface area contributed by atoms with Gasteiger partial charge in [0.25, 0.3) is 0 Å². The highest BCUT2D eigenvalue weighted by molar-refractivity contribution is 5.91. The molecule has 1 heterocycles. The van der Waals surface area contributed by atoms with Crippen LogP contribution in [0.4, 0.5) is 0 Å². The quantitative estimate of drug-likeness (QED) is 0.393. The number of aryl methyl sites for hydroxylation is 1. The molecule has 0 radical (unpaired) electrons. The summed E-state index contributed by atoms with van der Waals surface area (Å²) in [6.45, 7) is 1.92. The Balaban J connectivity index is 1.75. The normalized spacial score (nSPS) is 10.8. The lowest BCUT2D eigenvalue weighted by Crippen LogP contribution is -2.08. The molecule has 0 saturated carbocycles. The molecule has 0 aliphatic rings. The maximum atomic E-state index is 12.2. The van der Waals surface area contributed by atoms with Gasteiger partial charge in [-0.3, -0.25) is 4.98 Å². The molecule has 0 aliphatic carbocycles. The molecule has 3 aromatic rings. The molecule has 1 aromatic heterocycles. The lowest BCUT2D eigenvalue weighted by atomic mass is 10.1. The van der Waals surface area contributed by atoms with Crippen LogP contribution in [-0.2, 0) is 0 Å². The summed E-state index contributed by atoms with van der Waals surface area (Å²) in [7, 11) is 0. The van der Waals surface area contributed by atoms with Gasteiger partial charge in [-0.05, 0) is 55.0 Å². The van der Waals surface area contributed by atoms with Gasteiger partial charge in [0.15, 0.2) is 0 Å². The number of aromatic nitrogens is 1. The fourth-order valence-corrected chi connectivity index (χ4v) is 2.42. The lowest BCUT2D eigenvalue weighted by Gasteiger charge is -2.05. The van der Waals surface area contributed by atoms with E-state index in [0.717, 1.165) is 11.1 Å². The van der Waals surface area contributed by atoms with Gasteiger partial charge >= 0.3 is 5.97 Å². The predicted octanol–water partition coefficient (Wildman–Crippen LogP) is 4.67. The first-order valence-corrected chi connectivity index (χ1v) is 8.08. The molecule has 0 fully saturated rings. The van der Waals surface area contributed by atoms with Gasteiger partial charge in [-0.1, -0.05) is 35.9 Å². The smallest absolute Gasteiger partial charge is 0.343 e. The molecule has 2 aromatic carbocycles. The van der Waals surface area contributed by atoms with Gasteiger partial charge in [0.05, 0.1) is 16.8 Å². The van der Waals surface area contributed by atoms with Gasteiger partial charge in [-0.15, -0.1) is 0 Å². The zero-order valence-corrected chi connectivity index (χ0v) is 14.2. The predicted molar refractivity (Wildman–Crippen MR) is 100 cm³/mol. The van der Waals surface area contributed by atoms with Crippen molar-refractivity contribution in [3.63, 3.8) is 0 Å². The van der Waals surface area contributed by atoms with Gasteiger partial charge in [0.1, 0.15) is 11.8 Å². The second kappa shape index (κ2) is 7.91. The summed E-state index contributed by atoms with van der Waals surface area (Å²) in [4.78, 5) is 16.4. The van der Waals surface area contributed by atoms with Crippen LogP contribution in [-0.4, -0.2) is 11.0 Å². The van der Waals surface area contributed by atoms with Gasteiger partial charge in [-0.25, -0.2) is 4.79 Å². The van der Waals surface area contributed by atoms with E-state index in [1.54, 1.807) is 60.8 Å². The molecule has 0 saturated heterocycles. The summed E-state index contributed by atoms with van der Waals surface area (Å²) < 4.78 is 5.39. The van der Waals surface area contributed by atoms with E-state index in [1.165, 1.54) is 0 Å². The number of pyridine rings is 1. The van der Waals surface area contributed by atoms with Gasteiger partial charge < -0.3 is 4.74 Å². The van der Waals surface area contributed by atoms with Gasteiger partial charge in [-0.2, -0.15) is 5.26 Å². The van der Waals surface area contributed by atoms with Crippen molar-refractivity contribution in [3.8, 4) is 11.8 Å². The third-order valence-corrected chi connectivity index (χ3v) is 3.72. The van der Waals surface area contributed by atoms with Crippen molar-refractivity contribution in [3.05, 3.63) is 95.3 Å². The molecule has 126 valence electrons. The minimum atomic E-state index is -0.400. The van der Waals surface area contributed by atoms with Crippen LogP contribution in [0.5, 0.6) is 5.75 Å². The standard InChI is InChI=1S/C22H16N2O2/c1-16-5-4-6-18(13-16)22(25)26-20-10-8-17(9-11-20)14-19(15-23)21-7-2-3-12-24-21/h2-14H,1H3/b19-14+. The summed E-state index contributed by atoms with van der Waals surface area (Å²) in [5.41, 5.74) is 3.41. The Bertz CT molecular complexity index is 985. The van der Waals surface area contributed by atoms with Crippen LogP contribution in [0.1, 0.15) is 27.2 Å². The zero-order chi connectivity index (χ0) is 18.4. The van der Waals surface area contributed by atoms with Crippen LogP contribution >= 0.6 is 0 Å². The number of nitrogens with zero attached hydrogens (tertiary/aromatic N) is 2. The summed E-state index contributed by atoms with van der Waals surface area (Å²) in [5, 5.41) is 9.34. The number of carbonyl (C=O) groups excluding carboxylic acids is 1. The van der Waals surface area contributed by atoms with Crippen LogP contribution in [0, 0.1) is 18.3 Å². The van der Waals surface area contributed by atoms with E-state index in [-0.39, 0.29) is 0 Å². The average Bonchev–Trinajstić information content (AvgIpc) is 2.68. The monoisotopic (exact) mass is 340 g/mol. The van der Waals surface area contributed by atoms with Crippen molar-refractivity contribution >= 4 is 17.6 Å². The van der Waals surface area contributed by atoms with Gasteiger partial charge in [0.2, 0.25) is 0 Å². The Hall–Kier alpha value is -3.71. The lowest BCUT2D eigenvalue weighted by molar-refractivity contribution is 0.0734. The van der Waals surface area contributed by atoms with E-state index < -0.39 is 5.97 Å². The van der Waals surface area contributed by atoms with E-state index in [9.17, 15) is 10.1 Å². The summed E-state index contributed by atoms with van der Waals surface area (Å²) in [6, 6.07) is 21.8. The van der Waals surface area contributed by atoms with Gasteiger partial charge in [0, 0.05) is 6.20 Å². The van der Waals surface area contributed by atoms with Crippen molar-refractivity contribution in [2.75, 3.05) is 0 Å². The molecule has 4 heteroatoms. The minimum Gasteiger partial charge on any atom is -0.423 e. The number of hydrogen-bond acceptors (Lipinski definition) is 4. The molecular formula is C22H16N2O2. The molecule has 0 unspecified atom stereocenters. The highest BCUT2D eigenvalue weighted by atomic mass is 16.5. The van der Waals surface area contributed by atoms with E-state index >= 15 is 0 Å². The van der Waals surface area contributed by atoms with E-state index in [2.05, 4.69) is 11.1 Å². The van der Waals surface area contributed by atoms with E-state index in [0.29, 0.717) is 22.6 Å². The first kappa shape index (κ1) is 17.1.